The largest absolute Gasteiger partial charge is 0.317 e. The Labute approximate surface area is 76.2 Å². The second-order valence-electron chi connectivity index (χ2n) is 4.67. The fraction of sp³-hybridized carbons (Fsp3) is 0.818. The molecule has 0 aromatic rings. The molecule has 1 aliphatic rings. The van der Waals surface area contributed by atoms with E-state index in [1.807, 2.05) is 0 Å². The molecule has 0 spiro atoms. The van der Waals surface area contributed by atoms with Gasteiger partial charge >= 0.3 is 0 Å². The van der Waals surface area contributed by atoms with E-state index in [0.717, 1.165) is 6.04 Å². The van der Waals surface area contributed by atoms with Gasteiger partial charge < -0.3 is 5.32 Å². The normalized spacial score (nSPS) is 35.4. The van der Waals surface area contributed by atoms with Crippen molar-refractivity contribution in [3.05, 3.63) is 12.2 Å². The van der Waals surface area contributed by atoms with E-state index in [0.29, 0.717) is 5.41 Å². The molecule has 0 heterocycles. The molecule has 70 valence electrons. The van der Waals surface area contributed by atoms with Gasteiger partial charge in [-0.05, 0) is 45.1 Å². The molecule has 0 bridgehead atoms. The molecule has 0 amide bonds. The highest BCUT2D eigenvalue weighted by Gasteiger charge is 2.33. The van der Waals surface area contributed by atoms with Crippen LogP contribution >= 0.6 is 0 Å². The minimum atomic E-state index is 0.527. The van der Waals surface area contributed by atoms with E-state index in [9.17, 15) is 0 Å². The highest BCUT2D eigenvalue weighted by Crippen LogP contribution is 2.42. The van der Waals surface area contributed by atoms with E-state index in [1.54, 1.807) is 0 Å². The lowest BCUT2D eigenvalue weighted by Gasteiger charge is -2.24. The van der Waals surface area contributed by atoms with Crippen LogP contribution in [0, 0.1) is 5.41 Å². The van der Waals surface area contributed by atoms with Crippen LogP contribution in [0.4, 0.5) is 0 Å². The lowest BCUT2D eigenvalue weighted by atomic mass is 9.82. The van der Waals surface area contributed by atoms with Crippen LogP contribution in [0.2, 0.25) is 0 Å². The minimum absolute atomic E-state index is 0.527. The minimum Gasteiger partial charge on any atom is -0.317 e. The first-order valence-corrected chi connectivity index (χ1v) is 4.87. The summed E-state index contributed by atoms with van der Waals surface area (Å²) < 4.78 is 0. The molecule has 0 radical (unpaired) electrons. The van der Waals surface area contributed by atoms with Crippen molar-refractivity contribution in [1.82, 2.24) is 5.32 Å². The van der Waals surface area contributed by atoms with Gasteiger partial charge in [-0.1, -0.05) is 12.5 Å². The SMILES string of the molecule is C=C(C)CC1(C)CCC(NC)C1. The molecule has 1 fully saturated rings. The summed E-state index contributed by atoms with van der Waals surface area (Å²) in [5.74, 6) is 0. The van der Waals surface area contributed by atoms with E-state index >= 15 is 0 Å². The average Bonchev–Trinajstić information content (AvgIpc) is 2.30. The molecule has 0 saturated heterocycles. The van der Waals surface area contributed by atoms with Gasteiger partial charge in [0.1, 0.15) is 0 Å². The predicted molar refractivity (Wildman–Crippen MR) is 54.2 cm³/mol. The van der Waals surface area contributed by atoms with Crippen molar-refractivity contribution in [3.8, 4) is 0 Å². The molecule has 1 aliphatic carbocycles. The summed E-state index contributed by atoms with van der Waals surface area (Å²) in [4.78, 5) is 0. The first-order valence-electron chi connectivity index (χ1n) is 4.87. The van der Waals surface area contributed by atoms with Crippen LogP contribution in [0.15, 0.2) is 12.2 Å². The fourth-order valence-corrected chi connectivity index (χ4v) is 2.46. The third kappa shape index (κ3) is 2.34. The van der Waals surface area contributed by atoms with Crippen molar-refractivity contribution < 1.29 is 0 Å². The number of rotatable bonds is 3. The zero-order valence-corrected chi connectivity index (χ0v) is 8.61. The van der Waals surface area contributed by atoms with Gasteiger partial charge in [-0.2, -0.15) is 0 Å². The van der Waals surface area contributed by atoms with Crippen LogP contribution in [0.3, 0.4) is 0 Å². The first-order chi connectivity index (χ1) is 5.56. The Balaban J connectivity index is 2.46. The van der Waals surface area contributed by atoms with Gasteiger partial charge in [-0.15, -0.1) is 6.58 Å². The van der Waals surface area contributed by atoms with Crippen molar-refractivity contribution >= 4 is 0 Å². The Kier molecular flexibility index (Phi) is 2.94. The Morgan fingerprint density at radius 1 is 1.67 bits per heavy atom. The van der Waals surface area contributed by atoms with Gasteiger partial charge in [0, 0.05) is 6.04 Å². The molecule has 2 atom stereocenters. The number of nitrogens with one attached hydrogen (secondary N) is 1. The van der Waals surface area contributed by atoms with Gasteiger partial charge in [0.15, 0.2) is 0 Å². The van der Waals surface area contributed by atoms with Crippen LogP contribution in [0.1, 0.15) is 39.5 Å². The van der Waals surface area contributed by atoms with Gasteiger partial charge in [0.2, 0.25) is 0 Å². The van der Waals surface area contributed by atoms with Crippen LogP contribution in [0.25, 0.3) is 0 Å². The Morgan fingerprint density at radius 3 is 2.75 bits per heavy atom. The molecule has 1 saturated carbocycles. The van der Waals surface area contributed by atoms with Gasteiger partial charge in [-0.25, -0.2) is 0 Å². The molecule has 0 aromatic heterocycles. The van der Waals surface area contributed by atoms with Crippen molar-refractivity contribution in [2.45, 2.75) is 45.6 Å². The summed E-state index contributed by atoms with van der Waals surface area (Å²) in [5.41, 5.74) is 1.86. The molecule has 12 heavy (non-hydrogen) atoms. The molecule has 1 rings (SSSR count). The Bertz CT molecular complexity index is 174. The number of allylic oxidation sites excluding steroid dienone is 1. The van der Waals surface area contributed by atoms with E-state index in [4.69, 9.17) is 0 Å². The fourth-order valence-electron chi connectivity index (χ4n) is 2.46. The average molecular weight is 167 g/mol. The summed E-state index contributed by atoms with van der Waals surface area (Å²) >= 11 is 0. The van der Waals surface area contributed by atoms with Gasteiger partial charge in [0.05, 0.1) is 0 Å². The third-order valence-electron chi connectivity index (χ3n) is 2.97. The van der Waals surface area contributed by atoms with Crippen molar-refractivity contribution in [2.24, 2.45) is 5.41 Å². The van der Waals surface area contributed by atoms with Crippen molar-refractivity contribution in [2.75, 3.05) is 7.05 Å². The maximum atomic E-state index is 3.99. The topological polar surface area (TPSA) is 12.0 Å². The second-order valence-corrected chi connectivity index (χ2v) is 4.67. The van der Waals surface area contributed by atoms with E-state index in [-0.39, 0.29) is 0 Å². The highest BCUT2D eigenvalue weighted by molar-refractivity contribution is 4.99. The van der Waals surface area contributed by atoms with E-state index in [2.05, 4.69) is 32.8 Å². The zero-order chi connectivity index (χ0) is 9.19. The number of hydrogen-bond acceptors (Lipinski definition) is 1. The van der Waals surface area contributed by atoms with Crippen LogP contribution in [-0.2, 0) is 0 Å². The lowest BCUT2D eigenvalue weighted by molar-refractivity contribution is 0.324. The molecule has 1 nitrogen and oxygen atoms in total. The zero-order valence-electron chi connectivity index (χ0n) is 8.61. The van der Waals surface area contributed by atoms with Crippen LogP contribution in [0.5, 0.6) is 0 Å². The Hall–Kier alpha value is -0.300. The molecule has 0 aliphatic heterocycles. The molecular weight excluding hydrogens is 146 g/mol. The van der Waals surface area contributed by atoms with E-state index < -0.39 is 0 Å². The molecular formula is C11H21N. The van der Waals surface area contributed by atoms with Crippen LogP contribution in [-0.4, -0.2) is 13.1 Å². The standard InChI is InChI=1S/C11H21N/c1-9(2)7-11(3)6-5-10(8-11)12-4/h10,12H,1,5-8H2,2-4H3. The van der Waals surface area contributed by atoms with Crippen LogP contribution < -0.4 is 5.32 Å². The first kappa shape index (κ1) is 9.79. The van der Waals surface area contributed by atoms with Crippen molar-refractivity contribution in [1.29, 1.82) is 0 Å². The summed E-state index contributed by atoms with van der Waals surface area (Å²) in [6.07, 6.45) is 5.20. The third-order valence-corrected chi connectivity index (χ3v) is 2.97. The molecule has 2 unspecified atom stereocenters. The Morgan fingerprint density at radius 2 is 2.33 bits per heavy atom. The lowest BCUT2D eigenvalue weighted by Crippen LogP contribution is -2.23. The summed E-state index contributed by atoms with van der Waals surface area (Å²) in [6, 6.07) is 0.745. The van der Waals surface area contributed by atoms with Crippen molar-refractivity contribution in [3.63, 3.8) is 0 Å². The summed E-state index contributed by atoms with van der Waals surface area (Å²) in [7, 11) is 2.07. The maximum absolute atomic E-state index is 3.99. The maximum Gasteiger partial charge on any atom is 0.00695 e. The second kappa shape index (κ2) is 3.61. The quantitative estimate of drug-likeness (QED) is 0.637. The van der Waals surface area contributed by atoms with E-state index in [1.165, 1.54) is 31.3 Å². The van der Waals surface area contributed by atoms with Gasteiger partial charge in [-0.3, -0.25) is 0 Å². The molecule has 0 aromatic carbocycles. The smallest absolute Gasteiger partial charge is 0.00695 e. The molecule has 1 heteroatoms. The summed E-state index contributed by atoms with van der Waals surface area (Å²) in [6.45, 7) is 8.52. The monoisotopic (exact) mass is 167 g/mol. The molecule has 1 N–H and O–H groups in total. The number of hydrogen-bond donors (Lipinski definition) is 1. The highest BCUT2D eigenvalue weighted by atomic mass is 14.9. The van der Waals surface area contributed by atoms with Gasteiger partial charge in [0.25, 0.3) is 0 Å². The predicted octanol–water partition coefficient (Wildman–Crippen LogP) is 2.73. The summed E-state index contributed by atoms with van der Waals surface area (Å²) in [5, 5.41) is 3.36.